The molecule has 1 aliphatic carbocycles. The van der Waals surface area contributed by atoms with Crippen LogP contribution in [0.15, 0.2) is 6.07 Å². The van der Waals surface area contributed by atoms with Crippen LogP contribution in [0.25, 0.3) is 0 Å². The number of amides is 1. The van der Waals surface area contributed by atoms with E-state index in [0.717, 1.165) is 25.3 Å². The van der Waals surface area contributed by atoms with Gasteiger partial charge in [0.05, 0.1) is 12.2 Å². The van der Waals surface area contributed by atoms with Crippen LogP contribution in [0.4, 0.5) is 0 Å². The number of carbonyl (C=O) groups is 1. The van der Waals surface area contributed by atoms with Crippen molar-refractivity contribution in [1.29, 1.82) is 0 Å². The number of aromatic amines is 1. The Morgan fingerprint density at radius 3 is 2.81 bits per heavy atom. The molecule has 2 aliphatic rings. The van der Waals surface area contributed by atoms with E-state index in [2.05, 4.69) is 34.3 Å². The Kier molecular flexibility index (Phi) is 4.26. The van der Waals surface area contributed by atoms with E-state index in [-0.39, 0.29) is 18.1 Å². The fourth-order valence-corrected chi connectivity index (χ4v) is 2.94. The Morgan fingerprint density at radius 1 is 1.43 bits per heavy atom. The zero-order chi connectivity index (χ0) is 14.8. The van der Waals surface area contributed by atoms with Gasteiger partial charge in [-0.25, -0.2) is 0 Å². The molecule has 0 radical (unpaired) electrons. The average Bonchev–Trinajstić information content (AvgIpc) is 3.15. The van der Waals surface area contributed by atoms with E-state index < -0.39 is 0 Å². The molecule has 0 bridgehead atoms. The van der Waals surface area contributed by atoms with Gasteiger partial charge in [0, 0.05) is 37.8 Å². The van der Waals surface area contributed by atoms with Crippen LogP contribution in [0.1, 0.15) is 48.8 Å². The predicted octanol–water partition coefficient (Wildman–Crippen LogP) is 1.13. The lowest BCUT2D eigenvalue weighted by Gasteiger charge is -2.35. The monoisotopic (exact) mass is 292 g/mol. The third-order valence-electron chi connectivity index (χ3n) is 4.06. The number of hydrogen-bond acceptors (Lipinski definition) is 4. The van der Waals surface area contributed by atoms with Crippen molar-refractivity contribution in [3.8, 4) is 0 Å². The first-order valence-electron chi connectivity index (χ1n) is 7.83. The Balaban J connectivity index is 1.42. The number of morpholine rings is 1. The smallest absolute Gasteiger partial charge is 0.271 e. The van der Waals surface area contributed by atoms with Gasteiger partial charge in [0.15, 0.2) is 0 Å². The van der Waals surface area contributed by atoms with E-state index in [1.807, 2.05) is 6.07 Å². The molecule has 21 heavy (non-hydrogen) atoms. The quantitative estimate of drug-likeness (QED) is 0.853. The highest BCUT2D eigenvalue weighted by atomic mass is 16.5. The summed E-state index contributed by atoms with van der Waals surface area (Å²) in [5, 5.41) is 10.0. The number of rotatable bonds is 5. The molecule has 2 fully saturated rings. The van der Waals surface area contributed by atoms with Crippen LogP contribution in [0.3, 0.4) is 0 Å². The highest BCUT2D eigenvalue weighted by Gasteiger charge is 2.26. The van der Waals surface area contributed by atoms with Crippen molar-refractivity contribution >= 4 is 5.91 Å². The molecule has 1 aromatic rings. The third-order valence-corrected chi connectivity index (χ3v) is 4.06. The SMILES string of the molecule is C[C@@H]1CN(CCNC(=O)c2cc(C3CC3)[nH]n2)C[C@H](C)O1. The van der Waals surface area contributed by atoms with Crippen LogP contribution in [-0.4, -0.2) is 59.4 Å². The van der Waals surface area contributed by atoms with Gasteiger partial charge < -0.3 is 10.1 Å². The van der Waals surface area contributed by atoms with Crippen LogP contribution >= 0.6 is 0 Å². The average molecular weight is 292 g/mol. The maximum absolute atomic E-state index is 12.0. The fraction of sp³-hybridized carbons (Fsp3) is 0.733. The van der Waals surface area contributed by atoms with Gasteiger partial charge in [0.2, 0.25) is 0 Å². The second-order valence-corrected chi connectivity index (χ2v) is 6.26. The molecular weight excluding hydrogens is 268 g/mol. The van der Waals surface area contributed by atoms with Gasteiger partial charge in [0.1, 0.15) is 5.69 Å². The van der Waals surface area contributed by atoms with E-state index in [1.54, 1.807) is 0 Å². The van der Waals surface area contributed by atoms with Crippen molar-refractivity contribution in [2.75, 3.05) is 26.2 Å². The van der Waals surface area contributed by atoms with Gasteiger partial charge in [-0.05, 0) is 32.8 Å². The van der Waals surface area contributed by atoms with E-state index in [4.69, 9.17) is 4.74 Å². The molecule has 6 heteroatoms. The molecule has 2 N–H and O–H groups in total. The number of ether oxygens (including phenoxy) is 1. The molecular formula is C15H24N4O2. The first kappa shape index (κ1) is 14.5. The molecule has 1 saturated heterocycles. The van der Waals surface area contributed by atoms with Gasteiger partial charge in [0.25, 0.3) is 5.91 Å². The third kappa shape index (κ3) is 3.83. The molecule has 0 spiro atoms. The molecule has 1 aliphatic heterocycles. The zero-order valence-electron chi connectivity index (χ0n) is 12.8. The minimum absolute atomic E-state index is 0.0903. The van der Waals surface area contributed by atoms with E-state index in [1.165, 1.54) is 12.8 Å². The van der Waals surface area contributed by atoms with Crippen molar-refractivity contribution in [1.82, 2.24) is 20.4 Å². The molecule has 1 amide bonds. The van der Waals surface area contributed by atoms with Crippen molar-refractivity contribution < 1.29 is 9.53 Å². The first-order chi connectivity index (χ1) is 10.1. The number of aromatic nitrogens is 2. The minimum atomic E-state index is -0.0903. The van der Waals surface area contributed by atoms with Crippen LogP contribution in [0.5, 0.6) is 0 Å². The van der Waals surface area contributed by atoms with Gasteiger partial charge in [-0.2, -0.15) is 5.10 Å². The number of carbonyl (C=O) groups excluding carboxylic acids is 1. The lowest BCUT2D eigenvalue weighted by molar-refractivity contribution is -0.0672. The van der Waals surface area contributed by atoms with Crippen LogP contribution in [0.2, 0.25) is 0 Å². The largest absolute Gasteiger partial charge is 0.373 e. The summed E-state index contributed by atoms with van der Waals surface area (Å²) in [5.41, 5.74) is 1.59. The first-order valence-corrected chi connectivity index (χ1v) is 7.83. The van der Waals surface area contributed by atoms with Crippen LogP contribution in [0, 0.1) is 0 Å². The van der Waals surface area contributed by atoms with E-state index in [9.17, 15) is 4.79 Å². The maximum Gasteiger partial charge on any atom is 0.271 e. The maximum atomic E-state index is 12.0. The molecule has 1 aromatic heterocycles. The highest BCUT2D eigenvalue weighted by molar-refractivity contribution is 5.92. The van der Waals surface area contributed by atoms with Gasteiger partial charge in [-0.15, -0.1) is 0 Å². The molecule has 0 aromatic carbocycles. The number of nitrogens with zero attached hydrogens (tertiary/aromatic N) is 2. The number of hydrogen-bond donors (Lipinski definition) is 2. The molecule has 0 unspecified atom stereocenters. The van der Waals surface area contributed by atoms with Gasteiger partial charge >= 0.3 is 0 Å². The van der Waals surface area contributed by atoms with Gasteiger partial charge in [-0.3, -0.25) is 14.8 Å². The second-order valence-electron chi connectivity index (χ2n) is 6.26. The van der Waals surface area contributed by atoms with Crippen molar-refractivity contribution in [3.05, 3.63) is 17.5 Å². The van der Waals surface area contributed by atoms with E-state index >= 15 is 0 Å². The fourth-order valence-electron chi connectivity index (χ4n) is 2.94. The second kappa shape index (κ2) is 6.15. The van der Waals surface area contributed by atoms with Crippen molar-refractivity contribution in [2.24, 2.45) is 0 Å². The molecule has 2 heterocycles. The topological polar surface area (TPSA) is 70.2 Å². The normalized spacial score (nSPS) is 26.8. The summed E-state index contributed by atoms with van der Waals surface area (Å²) in [6, 6.07) is 1.88. The summed E-state index contributed by atoms with van der Waals surface area (Å²) in [6.07, 6.45) is 2.93. The lowest BCUT2D eigenvalue weighted by atomic mass is 10.2. The summed E-state index contributed by atoms with van der Waals surface area (Å²) in [5.74, 6) is 0.503. The molecule has 6 nitrogen and oxygen atoms in total. The Morgan fingerprint density at radius 2 is 2.14 bits per heavy atom. The Hall–Kier alpha value is -1.40. The predicted molar refractivity (Wildman–Crippen MR) is 79.3 cm³/mol. The molecule has 3 rings (SSSR count). The number of nitrogens with one attached hydrogen (secondary N) is 2. The van der Waals surface area contributed by atoms with Crippen LogP contribution < -0.4 is 5.32 Å². The molecule has 2 atom stereocenters. The lowest BCUT2D eigenvalue weighted by Crippen LogP contribution is -2.47. The van der Waals surface area contributed by atoms with Crippen molar-refractivity contribution in [3.63, 3.8) is 0 Å². The summed E-state index contributed by atoms with van der Waals surface area (Å²) >= 11 is 0. The van der Waals surface area contributed by atoms with Crippen molar-refractivity contribution in [2.45, 2.75) is 44.8 Å². The molecule has 1 saturated carbocycles. The van der Waals surface area contributed by atoms with Gasteiger partial charge in [-0.1, -0.05) is 0 Å². The molecule has 116 valence electrons. The zero-order valence-corrected chi connectivity index (χ0v) is 12.8. The van der Waals surface area contributed by atoms with E-state index in [0.29, 0.717) is 18.2 Å². The summed E-state index contributed by atoms with van der Waals surface area (Å²) in [7, 11) is 0. The highest BCUT2D eigenvalue weighted by Crippen LogP contribution is 2.38. The standard InChI is InChI=1S/C15H24N4O2/c1-10-8-19(9-11(2)21-10)6-5-16-15(20)14-7-13(17-18-14)12-3-4-12/h7,10-12H,3-6,8-9H2,1-2H3,(H,16,20)(H,17,18)/t10-,11+. The Labute approximate surface area is 125 Å². The number of H-pyrrole nitrogens is 1. The minimum Gasteiger partial charge on any atom is -0.373 e. The summed E-state index contributed by atoms with van der Waals surface area (Å²) in [4.78, 5) is 14.4. The Bertz CT molecular complexity index is 488. The summed E-state index contributed by atoms with van der Waals surface area (Å²) < 4.78 is 5.70. The van der Waals surface area contributed by atoms with Crippen LogP contribution in [-0.2, 0) is 4.74 Å². The summed E-state index contributed by atoms with van der Waals surface area (Å²) in [6.45, 7) is 7.52.